The van der Waals surface area contributed by atoms with E-state index in [1.807, 2.05) is 28.5 Å². The average molecular weight is 274 g/mol. The highest BCUT2D eigenvalue weighted by Crippen LogP contribution is 2.28. The molecule has 2 N–H and O–H groups in total. The van der Waals surface area contributed by atoms with Crippen molar-refractivity contribution >= 4 is 27.3 Å². The van der Waals surface area contributed by atoms with E-state index in [1.165, 1.54) is 4.70 Å². The zero-order valence-electron chi connectivity index (χ0n) is 10.8. The summed E-state index contributed by atoms with van der Waals surface area (Å²) in [5.74, 6) is 0.623. The first-order chi connectivity index (χ1) is 9.29. The van der Waals surface area contributed by atoms with E-state index in [4.69, 9.17) is 5.73 Å². The van der Waals surface area contributed by atoms with Gasteiger partial charge in [0.15, 0.2) is 0 Å². The Bertz CT molecular complexity index is 593. The van der Waals surface area contributed by atoms with Gasteiger partial charge < -0.3 is 10.6 Å². The number of hydrogen-bond donors (Lipinski definition) is 1. The Balaban J connectivity index is 1.87. The van der Waals surface area contributed by atoms with Crippen LogP contribution >= 0.6 is 11.3 Å². The number of hydrogen-bond acceptors (Lipinski definition) is 3. The number of carbonyl (C=O) groups excluding carboxylic acids is 1. The Morgan fingerprint density at radius 3 is 3.11 bits per heavy atom. The molecule has 4 heteroatoms. The van der Waals surface area contributed by atoms with Gasteiger partial charge >= 0.3 is 0 Å². The summed E-state index contributed by atoms with van der Waals surface area (Å²) in [6, 6.07) is 8.10. The van der Waals surface area contributed by atoms with Gasteiger partial charge in [-0.1, -0.05) is 18.2 Å². The minimum Gasteiger partial charge on any atom is -0.338 e. The van der Waals surface area contributed by atoms with Gasteiger partial charge in [-0.15, -0.1) is 11.3 Å². The lowest BCUT2D eigenvalue weighted by Gasteiger charge is -2.32. The number of nitrogens with zero attached hydrogens (tertiary/aromatic N) is 1. The molecule has 0 spiro atoms. The van der Waals surface area contributed by atoms with Gasteiger partial charge in [0, 0.05) is 28.6 Å². The van der Waals surface area contributed by atoms with Crippen LogP contribution in [0.2, 0.25) is 0 Å². The Kier molecular flexibility index (Phi) is 3.53. The van der Waals surface area contributed by atoms with Gasteiger partial charge in [-0.3, -0.25) is 4.79 Å². The number of likely N-dealkylation sites (tertiary alicyclic amines) is 1. The molecule has 3 rings (SSSR count). The van der Waals surface area contributed by atoms with Crippen LogP contribution < -0.4 is 5.73 Å². The van der Waals surface area contributed by atoms with Crippen molar-refractivity contribution in [3.8, 4) is 0 Å². The number of benzene rings is 1. The Morgan fingerprint density at radius 1 is 1.42 bits per heavy atom. The van der Waals surface area contributed by atoms with Crippen LogP contribution in [0.1, 0.15) is 23.2 Å². The standard InChI is InChI=1S/C15H18N2OS/c16-8-11-4-3-7-17(9-11)15(18)13-10-19-14-6-2-1-5-12(13)14/h1-2,5-6,10-11H,3-4,7-9,16H2. The molecule has 3 nitrogen and oxygen atoms in total. The molecule has 1 unspecified atom stereocenters. The van der Waals surface area contributed by atoms with Crippen molar-refractivity contribution in [3.63, 3.8) is 0 Å². The molecule has 0 aliphatic carbocycles. The van der Waals surface area contributed by atoms with Gasteiger partial charge in [0.2, 0.25) is 0 Å². The summed E-state index contributed by atoms with van der Waals surface area (Å²) in [6.45, 7) is 2.34. The number of carbonyl (C=O) groups is 1. The number of nitrogens with two attached hydrogens (primary N) is 1. The number of amides is 1. The van der Waals surface area contributed by atoms with Crippen molar-refractivity contribution in [2.75, 3.05) is 19.6 Å². The zero-order chi connectivity index (χ0) is 13.2. The molecule has 1 aliphatic rings. The van der Waals surface area contributed by atoms with E-state index < -0.39 is 0 Å². The van der Waals surface area contributed by atoms with Gasteiger partial charge in [0.25, 0.3) is 5.91 Å². The molecule has 100 valence electrons. The third-order valence-corrected chi connectivity index (χ3v) is 4.81. The quantitative estimate of drug-likeness (QED) is 0.915. The summed E-state index contributed by atoms with van der Waals surface area (Å²) in [4.78, 5) is 14.6. The summed E-state index contributed by atoms with van der Waals surface area (Å²) < 4.78 is 1.18. The molecule has 0 bridgehead atoms. The van der Waals surface area contributed by atoms with Gasteiger partial charge in [-0.25, -0.2) is 0 Å². The van der Waals surface area contributed by atoms with Crippen molar-refractivity contribution in [2.45, 2.75) is 12.8 Å². The SMILES string of the molecule is NCC1CCCN(C(=O)c2csc3ccccc23)C1. The molecule has 1 saturated heterocycles. The van der Waals surface area contributed by atoms with Crippen LogP contribution in [0, 0.1) is 5.92 Å². The van der Waals surface area contributed by atoms with E-state index in [1.54, 1.807) is 11.3 Å². The molecule has 0 saturated carbocycles. The zero-order valence-corrected chi connectivity index (χ0v) is 11.7. The second kappa shape index (κ2) is 5.31. The first kappa shape index (κ1) is 12.6. The molecule has 1 aliphatic heterocycles. The lowest BCUT2D eigenvalue weighted by molar-refractivity contribution is 0.0680. The maximum Gasteiger partial charge on any atom is 0.255 e. The summed E-state index contributed by atoms with van der Waals surface area (Å²) >= 11 is 1.64. The lowest BCUT2D eigenvalue weighted by atomic mass is 9.97. The van der Waals surface area contributed by atoms with Crippen LogP contribution in [0.15, 0.2) is 29.6 Å². The molecular formula is C15H18N2OS. The minimum atomic E-state index is 0.163. The largest absolute Gasteiger partial charge is 0.338 e. The van der Waals surface area contributed by atoms with Crippen molar-refractivity contribution in [2.24, 2.45) is 11.7 Å². The molecule has 1 aromatic heterocycles. The molecule has 1 fully saturated rings. The number of piperidine rings is 1. The minimum absolute atomic E-state index is 0.163. The smallest absolute Gasteiger partial charge is 0.255 e. The number of rotatable bonds is 2. The maximum atomic E-state index is 12.6. The van der Waals surface area contributed by atoms with E-state index in [0.29, 0.717) is 12.5 Å². The fraction of sp³-hybridized carbons (Fsp3) is 0.400. The summed E-state index contributed by atoms with van der Waals surface area (Å²) in [5.41, 5.74) is 6.58. The van der Waals surface area contributed by atoms with Crippen molar-refractivity contribution in [3.05, 3.63) is 35.2 Å². The monoisotopic (exact) mass is 274 g/mol. The van der Waals surface area contributed by atoms with Crippen LogP contribution in [0.4, 0.5) is 0 Å². The number of fused-ring (bicyclic) bond motifs is 1. The van der Waals surface area contributed by atoms with Gasteiger partial charge in [-0.2, -0.15) is 0 Å². The van der Waals surface area contributed by atoms with Crippen LogP contribution in [-0.2, 0) is 0 Å². The van der Waals surface area contributed by atoms with Crippen molar-refractivity contribution in [1.82, 2.24) is 4.90 Å². The summed E-state index contributed by atoms with van der Waals surface area (Å²) in [5, 5.41) is 3.06. The molecule has 2 heterocycles. The molecular weight excluding hydrogens is 256 g/mol. The second-order valence-electron chi connectivity index (χ2n) is 5.14. The topological polar surface area (TPSA) is 46.3 Å². The molecule has 1 atom stereocenters. The lowest BCUT2D eigenvalue weighted by Crippen LogP contribution is -2.41. The average Bonchev–Trinajstić information content (AvgIpc) is 2.90. The highest BCUT2D eigenvalue weighted by Gasteiger charge is 2.25. The normalized spacial score (nSPS) is 19.8. The Labute approximate surface area is 117 Å². The predicted molar refractivity (Wildman–Crippen MR) is 79.5 cm³/mol. The first-order valence-electron chi connectivity index (χ1n) is 6.75. The van der Waals surface area contributed by atoms with E-state index in [0.717, 1.165) is 36.9 Å². The first-order valence-corrected chi connectivity index (χ1v) is 7.63. The highest BCUT2D eigenvalue weighted by molar-refractivity contribution is 7.17. The fourth-order valence-electron chi connectivity index (χ4n) is 2.76. The fourth-order valence-corrected chi connectivity index (χ4v) is 3.69. The Morgan fingerprint density at radius 2 is 2.26 bits per heavy atom. The van der Waals surface area contributed by atoms with Crippen LogP contribution in [0.5, 0.6) is 0 Å². The molecule has 1 amide bonds. The molecule has 0 radical (unpaired) electrons. The van der Waals surface area contributed by atoms with E-state index in [9.17, 15) is 4.79 Å². The number of thiophene rings is 1. The van der Waals surface area contributed by atoms with Gasteiger partial charge in [-0.05, 0) is 31.4 Å². The van der Waals surface area contributed by atoms with Crippen LogP contribution in [0.3, 0.4) is 0 Å². The van der Waals surface area contributed by atoms with Crippen molar-refractivity contribution in [1.29, 1.82) is 0 Å². The summed E-state index contributed by atoms with van der Waals surface area (Å²) in [7, 11) is 0. The van der Waals surface area contributed by atoms with E-state index in [2.05, 4.69) is 6.07 Å². The molecule has 2 aromatic rings. The third kappa shape index (κ3) is 2.38. The molecule has 19 heavy (non-hydrogen) atoms. The van der Waals surface area contributed by atoms with E-state index >= 15 is 0 Å². The van der Waals surface area contributed by atoms with Gasteiger partial charge in [0.05, 0.1) is 5.56 Å². The Hall–Kier alpha value is -1.39. The third-order valence-electron chi connectivity index (χ3n) is 3.85. The molecule has 1 aromatic carbocycles. The highest BCUT2D eigenvalue weighted by atomic mass is 32.1. The van der Waals surface area contributed by atoms with Crippen LogP contribution in [-0.4, -0.2) is 30.4 Å². The van der Waals surface area contributed by atoms with Gasteiger partial charge in [0.1, 0.15) is 0 Å². The maximum absolute atomic E-state index is 12.6. The van der Waals surface area contributed by atoms with E-state index in [-0.39, 0.29) is 5.91 Å². The summed E-state index contributed by atoms with van der Waals surface area (Å²) in [6.07, 6.45) is 2.21. The van der Waals surface area contributed by atoms with Crippen LogP contribution in [0.25, 0.3) is 10.1 Å². The second-order valence-corrected chi connectivity index (χ2v) is 6.05. The van der Waals surface area contributed by atoms with Crippen molar-refractivity contribution < 1.29 is 4.79 Å². The predicted octanol–water partition coefficient (Wildman–Crippen LogP) is 2.71.